The first kappa shape index (κ1) is 12.9. The first-order valence-electron chi connectivity index (χ1n) is 4.27. The van der Waals surface area contributed by atoms with Gasteiger partial charge in [-0.1, -0.05) is 36.7 Å². The maximum Gasteiger partial charge on any atom is 0.237 e. The van der Waals surface area contributed by atoms with Crippen molar-refractivity contribution in [1.29, 1.82) is 5.26 Å². The molecule has 14 heavy (non-hydrogen) atoms. The van der Waals surface area contributed by atoms with Gasteiger partial charge in [-0.15, -0.1) is 0 Å². The normalized spacial score (nSPS) is 8.36. The zero-order valence-corrected chi connectivity index (χ0v) is 9.29. The molecule has 1 aromatic carbocycles. The Kier molecular flexibility index (Phi) is 7.79. The molecule has 0 aromatic heterocycles. The third kappa shape index (κ3) is 6.40. The fraction of sp³-hybridized carbons (Fsp3) is 0.300. The van der Waals surface area contributed by atoms with Crippen molar-refractivity contribution < 1.29 is 4.57 Å². The second kappa shape index (κ2) is 8.47. The van der Waals surface area contributed by atoms with Crippen LogP contribution >= 0.6 is 8.34 Å². The molecule has 0 aliphatic carbocycles. The molecule has 0 saturated carbocycles. The van der Waals surface area contributed by atoms with Gasteiger partial charge in [-0.05, 0) is 12.5 Å². The summed E-state index contributed by atoms with van der Waals surface area (Å²) in [5.41, 5.74) is 2.33. The summed E-state index contributed by atoms with van der Waals surface area (Å²) in [7, 11) is 0.123. The Hall–Kier alpha value is -1.13. The Morgan fingerprint density at radius 3 is 2.29 bits per heavy atom. The smallest absolute Gasteiger partial charge is 0.237 e. The van der Waals surface area contributed by atoms with Gasteiger partial charge in [-0.2, -0.15) is 5.26 Å². The number of aryl methyl sites for hydroxylation is 1. The number of hydrogen-bond donors (Lipinski definition) is 0. The van der Waals surface area contributed by atoms with E-state index in [9.17, 15) is 4.57 Å². The van der Waals surface area contributed by atoms with Crippen LogP contribution in [0, 0.1) is 18.3 Å². The van der Waals surface area contributed by atoms with Crippen molar-refractivity contribution in [3.05, 3.63) is 35.4 Å². The van der Waals surface area contributed by atoms with Crippen LogP contribution in [-0.4, -0.2) is 7.00 Å². The molecule has 2 nitrogen and oxygen atoms in total. The largest absolute Gasteiger partial charge is 0.289 e. The van der Waals surface area contributed by atoms with Gasteiger partial charge in [0.25, 0.3) is 0 Å². The van der Waals surface area contributed by atoms with Crippen LogP contribution < -0.4 is 0 Å². The predicted molar refractivity (Wildman–Crippen MR) is 59.7 cm³/mol. The highest BCUT2D eigenvalue weighted by Crippen LogP contribution is 2.02. The van der Waals surface area contributed by atoms with Gasteiger partial charge in [0.05, 0.1) is 20.8 Å². The van der Waals surface area contributed by atoms with Gasteiger partial charge in [-0.3, -0.25) is 4.57 Å². The van der Waals surface area contributed by atoms with Crippen molar-refractivity contribution in [2.45, 2.75) is 20.2 Å². The van der Waals surface area contributed by atoms with Gasteiger partial charge in [0.1, 0.15) is 0 Å². The van der Waals surface area contributed by atoms with Gasteiger partial charge in [0, 0.05) is 0 Å². The Morgan fingerprint density at radius 1 is 1.43 bits per heavy atom. The molecule has 4 heteroatoms. The van der Waals surface area contributed by atoms with Crippen LogP contribution in [0.15, 0.2) is 24.3 Å². The quantitative estimate of drug-likeness (QED) is 0.548. The molecule has 0 N–H and O–H groups in total. The van der Waals surface area contributed by atoms with Crippen molar-refractivity contribution in [3.8, 4) is 6.07 Å². The summed E-state index contributed by atoms with van der Waals surface area (Å²) in [4.78, 5) is 0. The van der Waals surface area contributed by atoms with Crippen molar-refractivity contribution in [2.75, 3.05) is 0 Å². The van der Waals surface area contributed by atoms with Crippen LogP contribution in [0.2, 0.25) is 6.82 Å². The number of hydrogen-bond acceptors (Lipinski definition) is 2. The fourth-order valence-corrected chi connectivity index (χ4v) is 0.797. The molecule has 71 valence electrons. The van der Waals surface area contributed by atoms with E-state index in [1.807, 2.05) is 31.2 Å². The highest BCUT2D eigenvalue weighted by atomic mass is 31.1. The average molecular weight is 204 g/mol. The summed E-state index contributed by atoms with van der Waals surface area (Å²) in [6.07, 6.45) is 0.514. The molecular formula is C10H12BNOP. The average Bonchev–Trinajstić information content (AvgIpc) is 2.22. The Labute approximate surface area is 87.4 Å². The summed E-state index contributed by atoms with van der Waals surface area (Å²) in [5.74, 6) is 0. The Balaban J connectivity index is 0.000000364. The van der Waals surface area contributed by atoms with Crippen LogP contribution in [0.4, 0.5) is 0 Å². The Morgan fingerprint density at radius 2 is 1.93 bits per heavy atom. The van der Waals surface area contributed by atoms with Crippen LogP contribution in [-0.2, 0) is 11.0 Å². The second-order valence-corrected chi connectivity index (χ2v) is 3.41. The lowest BCUT2D eigenvalue weighted by molar-refractivity contribution is 0.605. The SMILES string of the molecule is C[B]P=O.Cc1ccc(CC#N)cc1. The molecular weight excluding hydrogens is 192 g/mol. The fourth-order valence-electron chi connectivity index (χ4n) is 0.797. The monoisotopic (exact) mass is 204 g/mol. The molecule has 0 amide bonds. The molecule has 0 spiro atoms. The lowest BCUT2D eigenvalue weighted by Gasteiger charge is -1.93. The van der Waals surface area contributed by atoms with Crippen molar-refractivity contribution >= 4 is 15.3 Å². The molecule has 0 saturated heterocycles. The van der Waals surface area contributed by atoms with Crippen LogP contribution in [0.1, 0.15) is 11.1 Å². The maximum absolute atomic E-state index is 9.22. The number of benzene rings is 1. The molecule has 1 rings (SSSR count). The summed E-state index contributed by atoms with van der Waals surface area (Å²) >= 11 is 0. The van der Waals surface area contributed by atoms with Crippen molar-refractivity contribution in [2.24, 2.45) is 0 Å². The first-order valence-corrected chi connectivity index (χ1v) is 5.15. The second-order valence-electron chi connectivity index (χ2n) is 2.68. The molecule has 0 aliphatic rings. The van der Waals surface area contributed by atoms with Crippen LogP contribution in [0.3, 0.4) is 0 Å². The molecule has 0 aliphatic heterocycles. The van der Waals surface area contributed by atoms with Crippen molar-refractivity contribution in [1.82, 2.24) is 0 Å². The van der Waals surface area contributed by atoms with Gasteiger partial charge in [0.2, 0.25) is 7.00 Å². The van der Waals surface area contributed by atoms with E-state index in [4.69, 9.17) is 5.26 Å². The van der Waals surface area contributed by atoms with Crippen LogP contribution in [0.25, 0.3) is 0 Å². The van der Waals surface area contributed by atoms with Gasteiger partial charge in [0.15, 0.2) is 0 Å². The van der Waals surface area contributed by atoms with Crippen LogP contribution in [0.5, 0.6) is 0 Å². The highest BCUT2D eigenvalue weighted by molar-refractivity contribution is 7.60. The minimum Gasteiger partial charge on any atom is -0.289 e. The lowest BCUT2D eigenvalue weighted by atomic mass is 10.1. The molecule has 0 unspecified atom stereocenters. The maximum atomic E-state index is 9.22. The topological polar surface area (TPSA) is 40.9 Å². The van der Waals surface area contributed by atoms with E-state index >= 15 is 0 Å². The first-order chi connectivity index (χ1) is 6.74. The molecule has 1 radical (unpaired) electrons. The lowest BCUT2D eigenvalue weighted by Crippen LogP contribution is -1.79. The zero-order chi connectivity index (χ0) is 10.8. The van der Waals surface area contributed by atoms with E-state index in [2.05, 4.69) is 6.07 Å². The van der Waals surface area contributed by atoms with Gasteiger partial charge in [-0.25, -0.2) is 0 Å². The van der Waals surface area contributed by atoms with E-state index < -0.39 is 0 Å². The zero-order valence-electron chi connectivity index (χ0n) is 8.40. The summed E-state index contributed by atoms with van der Waals surface area (Å²) in [6, 6.07) is 10.1. The molecule has 0 fully saturated rings. The van der Waals surface area contributed by atoms with Gasteiger partial charge < -0.3 is 0 Å². The summed E-state index contributed by atoms with van der Waals surface area (Å²) < 4.78 is 9.22. The Bertz CT molecular complexity index is 305. The number of nitrogens with zero attached hydrogens (tertiary/aromatic N) is 1. The summed E-state index contributed by atoms with van der Waals surface area (Å²) in [6.45, 7) is 5.31. The van der Waals surface area contributed by atoms with E-state index in [0.717, 1.165) is 5.56 Å². The van der Waals surface area contributed by atoms with Crippen molar-refractivity contribution in [3.63, 3.8) is 0 Å². The number of rotatable bonds is 2. The predicted octanol–water partition coefficient (Wildman–Crippen LogP) is 3.01. The minimum atomic E-state index is 0.123. The molecule has 0 atom stereocenters. The third-order valence-electron chi connectivity index (χ3n) is 1.51. The molecule has 1 aromatic rings. The van der Waals surface area contributed by atoms with E-state index in [1.165, 1.54) is 5.56 Å². The van der Waals surface area contributed by atoms with E-state index in [1.54, 1.807) is 13.8 Å². The van der Waals surface area contributed by atoms with Gasteiger partial charge >= 0.3 is 0 Å². The highest BCUT2D eigenvalue weighted by Gasteiger charge is 1.88. The third-order valence-corrected chi connectivity index (χ3v) is 1.72. The van der Waals surface area contributed by atoms with E-state index in [0.29, 0.717) is 6.42 Å². The minimum absolute atomic E-state index is 0.123. The summed E-state index contributed by atoms with van der Waals surface area (Å²) in [5, 5.41) is 8.34. The standard InChI is InChI=1S/C9H9N.CH3BOP/c1-8-2-4-9(5-3-8)6-7-10;1-2-4-3/h2-5H,6H2,1H3;1H3. The van der Waals surface area contributed by atoms with E-state index in [-0.39, 0.29) is 8.34 Å². The number of nitriles is 1. The molecule has 0 bridgehead atoms. The molecule has 0 heterocycles.